The van der Waals surface area contributed by atoms with Gasteiger partial charge in [0.2, 0.25) is 0 Å². The Labute approximate surface area is 149 Å². The van der Waals surface area contributed by atoms with E-state index in [1.165, 1.54) is 5.69 Å². The quantitative estimate of drug-likeness (QED) is 0.769. The summed E-state index contributed by atoms with van der Waals surface area (Å²) in [6.45, 7) is 8.76. The molecule has 4 rings (SSSR count). The van der Waals surface area contributed by atoms with E-state index in [1.54, 1.807) is 0 Å². The van der Waals surface area contributed by atoms with Crippen molar-refractivity contribution in [1.82, 2.24) is 25.7 Å². The van der Waals surface area contributed by atoms with Crippen LogP contribution in [-0.4, -0.2) is 21.0 Å². The number of aromatic nitrogens is 1. The number of hydrazone groups is 1. The number of nitrogens with one attached hydrogen (secondary N) is 3. The van der Waals surface area contributed by atoms with Crippen LogP contribution in [0.1, 0.15) is 46.2 Å². The van der Waals surface area contributed by atoms with Crippen molar-refractivity contribution < 1.29 is 0 Å². The SMILES string of the molecule is CCC1(C)NN=C2C(=CC=C3NNC(C)(CC)N32)n2cccc21.Cl. The van der Waals surface area contributed by atoms with Gasteiger partial charge in [-0.3, -0.25) is 10.3 Å². The Kier molecular flexibility index (Phi) is 3.92. The minimum Gasteiger partial charge on any atom is -0.315 e. The minimum atomic E-state index is -0.202. The van der Waals surface area contributed by atoms with Crippen molar-refractivity contribution in [2.45, 2.75) is 51.7 Å². The van der Waals surface area contributed by atoms with Crippen molar-refractivity contribution in [3.63, 3.8) is 0 Å². The Morgan fingerprint density at radius 2 is 1.96 bits per heavy atom. The Hall–Kier alpha value is -1.92. The van der Waals surface area contributed by atoms with Crippen LogP contribution in [0.15, 0.2) is 41.4 Å². The van der Waals surface area contributed by atoms with Crippen LogP contribution >= 0.6 is 12.4 Å². The van der Waals surface area contributed by atoms with E-state index in [2.05, 4.69) is 83.9 Å². The number of nitrogens with zero attached hydrogens (tertiary/aromatic N) is 3. The zero-order chi connectivity index (χ0) is 16.2. The molecular formula is C17H25ClN6. The average molecular weight is 349 g/mol. The molecule has 1 aromatic heterocycles. The first kappa shape index (κ1) is 16.9. The van der Waals surface area contributed by atoms with Crippen LogP contribution in [0.2, 0.25) is 0 Å². The van der Waals surface area contributed by atoms with Crippen LogP contribution in [0.5, 0.6) is 0 Å². The largest absolute Gasteiger partial charge is 0.315 e. The molecule has 0 amide bonds. The summed E-state index contributed by atoms with van der Waals surface area (Å²) in [6, 6.07) is 4.28. The summed E-state index contributed by atoms with van der Waals surface area (Å²) in [5.74, 6) is 1.98. The number of hydrogen-bond acceptors (Lipinski definition) is 5. The molecule has 0 saturated carbocycles. The van der Waals surface area contributed by atoms with Crippen molar-refractivity contribution in [2.75, 3.05) is 0 Å². The summed E-state index contributed by atoms with van der Waals surface area (Å²) in [4.78, 5) is 2.25. The van der Waals surface area contributed by atoms with Gasteiger partial charge in [0.1, 0.15) is 11.5 Å². The number of allylic oxidation sites excluding steroid dienone is 2. The molecule has 0 radical (unpaired) electrons. The first-order valence-electron chi connectivity index (χ1n) is 8.31. The van der Waals surface area contributed by atoms with Gasteiger partial charge in [-0.2, -0.15) is 5.10 Å². The zero-order valence-corrected chi connectivity index (χ0v) is 15.4. The summed E-state index contributed by atoms with van der Waals surface area (Å²) >= 11 is 0. The zero-order valence-electron chi connectivity index (χ0n) is 14.6. The van der Waals surface area contributed by atoms with E-state index >= 15 is 0 Å². The first-order valence-corrected chi connectivity index (χ1v) is 8.31. The van der Waals surface area contributed by atoms with Crippen LogP contribution in [-0.2, 0) is 5.54 Å². The Morgan fingerprint density at radius 3 is 2.67 bits per heavy atom. The van der Waals surface area contributed by atoms with Gasteiger partial charge in [0.15, 0.2) is 5.84 Å². The molecule has 0 spiro atoms. The van der Waals surface area contributed by atoms with Crippen LogP contribution < -0.4 is 16.3 Å². The third-order valence-electron chi connectivity index (χ3n) is 5.41. The molecule has 24 heavy (non-hydrogen) atoms. The number of rotatable bonds is 2. The summed E-state index contributed by atoms with van der Waals surface area (Å²) in [6.07, 6.45) is 8.28. The van der Waals surface area contributed by atoms with Gasteiger partial charge < -0.3 is 9.99 Å². The molecule has 0 bridgehead atoms. The average Bonchev–Trinajstić information content (AvgIpc) is 3.16. The second-order valence-corrected chi connectivity index (χ2v) is 6.81. The van der Waals surface area contributed by atoms with Gasteiger partial charge in [-0.1, -0.05) is 13.8 Å². The number of hydrogen-bond donors (Lipinski definition) is 3. The lowest BCUT2D eigenvalue weighted by Crippen LogP contribution is -2.52. The molecule has 7 heteroatoms. The monoisotopic (exact) mass is 348 g/mol. The van der Waals surface area contributed by atoms with Gasteiger partial charge in [-0.15, -0.1) is 12.4 Å². The molecule has 3 N–H and O–H groups in total. The van der Waals surface area contributed by atoms with Crippen molar-refractivity contribution in [3.05, 3.63) is 42.0 Å². The third kappa shape index (κ3) is 2.09. The Balaban J connectivity index is 0.00000169. The number of amidine groups is 1. The van der Waals surface area contributed by atoms with Crippen molar-refractivity contribution in [3.8, 4) is 0 Å². The molecule has 130 valence electrons. The van der Waals surface area contributed by atoms with E-state index in [1.807, 2.05) is 0 Å². The lowest BCUT2D eigenvalue weighted by Gasteiger charge is -2.36. The van der Waals surface area contributed by atoms with E-state index in [4.69, 9.17) is 5.10 Å². The Morgan fingerprint density at radius 1 is 1.17 bits per heavy atom. The van der Waals surface area contributed by atoms with E-state index in [-0.39, 0.29) is 23.6 Å². The standard InChI is InChI=1S/C17H24N6.ClH/c1-5-16(3)13-8-7-11-22(13)12-9-10-14-18-21-17(4,6-2)23(14)15(12)19-20-16;/h7-11,18,20-21H,5-6H2,1-4H3;1H. The molecular weight excluding hydrogens is 324 g/mol. The first-order chi connectivity index (χ1) is 11.0. The highest BCUT2D eigenvalue weighted by Crippen LogP contribution is 2.36. The van der Waals surface area contributed by atoms with Crippen molar-refractivity contribution in [2.24, 2.45) is 5.10 Å². The molecule has 0 aliphatic carbocycles. The second kappa shape index (κ2) is 5.57. The summed E-state index contributed by atoms with van der Waals surface area (Å²) < 4.78 is 2.25. The third-order valence-corrected chi connectivity index (χ3v) is 5.41. The predicted molar refractivity (Wildman–Crippen MR) is 99.1 cm³/mol. The van der Waals surface area contributed by atoms with Gasteiger partial charge in [0.05, 0.1) is 11.2 Å². The highest BCUT2D eigenvalue weighted by Gasteiger charge is 2.45. The van der Waals surface area contributed by atoms with Crippen LogP contribution in [0, 0.1) is 0 Å². The smallest absolute Gasteiger partial charge is 0.179 e. The maximum absolute atomic E-state index is 4.82. The predicted octanol–water partition coefficient (Wildman–Crippen LogP) is 2.68. The fourth-order valence-electron chi connectivity index (χ4n) is 3.46. The van der Waals surface area contributed by atoms with Gasteiger partial charge in [0, 0.05) is 11.9 Å². The molecule has 1 aromatic rings. The molecule has 6 nitrogen and oxygen atoms in total. The van der Waals surface area contributed by atoms with E-state index in [9.17, 15) is 0 Å². The Bertz CT molecular complexity index is 748. The van der Waals surface area contributed by atoms with Gasteiger partial charge in [-0.25, -0.2) is 5.43 Å². The maximum Gasteiger partial charge on any atom is 0.179 e. The lowest BCUT2D eigenvalue weighted by atomic mass is 9.95. The molecule has 3 aliphatic heterocycles. The topological polar surface area (TPSA) is 56.6 Å². The van der Waals surface area contributed by atoms with Crippen molar-refractivity contribution >= 4 is 23.9 Å². The molecule has 2 atom stereocenters. The van der Waals surface area contributed by atoms with Crippen LogP contribution in [0.3, 0.4) is 0 Å². The molecule has 1 fully saturated rings. The number of fused-ring (bicyclic) bond motifs is 5. The minimum absolute atomic E-state index is 0. The second-order valence-electron chi connectivity index (χ2n) is 6.81. The molecule has 3 aliphatic rings. The summed E-state index contributed by atoms with van der Waals surface area (Å²) in [5.41, 5.74) is 12.0. The molecule has 1 saturated heterocycles. The molecule has 4 heterocycles. The highest BCUT2D eigenvalue weighted by atomic mass is 35.5. The van der Waals surface area contributed by atoms with E-state index < -0.39 is 0 Å². The van der Waals surface area contributed by atoms with E-state index in [0.717, 1.165) is 30.2 Å². The summed E-state index contributed by atoms with van der Waals surface area (Å²) in [7, 11) is 0. The van der Waals surface area contributed by atoms with Crippen LogP contribution in [0.25, 0.3) is 5.70 Å². The highest BCUT2D eigenvalue weighted by molar-refractivity contribution is 6.19. The van der Waals surface area contributed by atoms with Gasteiger partial charge >= 0.3 is 0 Å². The number of hydrazine groups is 1. The molecule has 2 unspecified atom stereocenters. The van der Waals surface area contributed by atoms with Gasteiger partial charge in [0.25, 0.3) is 0 Å². The fourth-order valence-corrected chi connectivity index (χ4v) is 3.46. The number of halogens is 1. The lowest BCUT2D eigenvalue weighted by molar-refractivity contribution is 0.231. The van der Waals surface area contributed by atoms with E-state index in [0.29, 0.717) is 0 Å². The van der Waals surface area contributed by atoms with Crippen LogP contribution in [0.4, 0.5) is 0 Å². The normalized spacial score (nSPS) is 30.3. The molecule has 0 aromatic carbocycles. The summed E-state index contributed by atoms with van der Waals surface area (Å²) in [5, 5.41) is 4.82. The van der Waals surface area contributed by atoms with Gasteiger partial charge in [-0.05, 0) is 51.0 Å². The fraction of sp³-hybridized carbons (Fsp3) is 0.471. The van der Waals surface area contributed by atoms with Crippen molar-refractivity contribution in [1.29, 1.82) is 0 Å². The maximum atomic E-state index is 4.82.